The Morgan fingerprint density at radius 1 is 1.35 bits per heavy atom. The monoisotopic (exact) mass is 240 g/mol. The second kappa shape index (κ2) is 5.12. The van der Waals surface area contributed by atoms with Crippen LogP contribution in [0, 0.1) is 0 Å². The van der Waals surface area contributed by atoms with Gasteiger partial charge in [0.2, 0.25) is 11.8 Å². The lowest BCUT2D eigenvalue weighted by Crippen LogP contribution is -2.55. The number of hydrogen-bond acceptors (Lipinski definition) is 5. The maximum Gasteiger partial charge on any atom is 0.244 e. The fourth-order valence-corrected chi connectivity index (χ4v) is 2.32. The van der Waals surface area contributed by atoms with Gasteiger partial charge < -0.3 is 10.2 Å². The van der Waals surface area contributed by atoms with Crippen LogP contribution in [-0.4, -0.2) is 74.0 Å². The number of carbonyl (C=O) groups is 2. The van der Waals surface area contributed by atoms with E-state index in [1.165, 1.54) is 0 Å². The summed E-state index contributed by atoms with van der Waals surface area (Å²) in [7, 11) is 4.20. The summed E-state index contributed by atoms with van der Waals surface area (Å²) in [5.41, 5.74) is 0. The number of rotatable bonds is 3. The van der Waals surface area contributed by atoms with Crippen LogP contribution >= 0.6 is 0 Å². The molecule has 0 spiro atoms. The van der Waals surface area contributed by atoms with Crippen LogP contribution in [0.15, 0.2) is 0 Å². The van der Waals surface area contributed by atoms with Gasteiger partial charge in [-0.1, -0.05) is 0 Å². The van der Waals surface area contributed by atoms with Crippen LogP contribution in [0.25, 0.3) is 0 Å². The van der Waals surface area contributed by atoms with E-state index in [-0.39, 0.29) is 24.3 Å². The Morgan fingerprint density at radius 3 is 2.76 bits per heavy atom. The molecule has 2 heterocycles. The molecular weight excluding hydrogens is 220 g/mol. The van der Waals surface area contributed by atoms with Crippen LogP contribution in [0.1, 0.15) is 6.42 Å². The largest absolute Gasteiger partial charge is 0.304 e. The van der Waals surface area contributed by atoms with E-state index in [2.05, 4.69) is 34.5 Å². The Hall–Kier alpha value is -0.980. The van der Waals surface area contributed by atoms with Gasteiger partial charge in [-0.25, -0.2) is 0 Å². The lowest BCUT2D eigenvalue weighted by molar-refractivity contribution is -0.125. The number of amides is 2. The molecule has 0 radical (unpaired) electrons. The van der Waals surface area contributed by atoms with Crippen molar-refractivity contribution >= 4 is 11.8 Å². The number of piperazine rings is 1. The van der Waals surface area contributed by atoms with Gasteiger partial charge in [-0.05, 0) is 14.1 Å². The summed E-state index contributed by atoms with van der Waals surface area (Å²) in [6, 6.07) is 0.0559. The van der Waals surface area contributed by atoms with Gasteiger partial charge in [0.05, 0.1) is 12.5 Å². The minimum atomic E-state index is -0.344. The zero-order chi connectivity index (χ0) is 12.4. The third kappa shape index (κ3) is 3.02. The van der Waals surface area contributed by atoms with Crippen molar-refractivity contribution in [2.45, 2.75) is 18.5 Å². The smallest absolute Gasteiger partial charge is 0.244 e. The molecule has 2 rings (SSSR count). The molecule has 0 aromatic heterocycles. The highest BCUT2D eigenvalue weighted by atomic mass is 16.2. The van der Waals surface area contributed by atoms with Crippen LogP contribution in [0.4, 0.5) is 0 Å². The molecule has 6 nitrogen and oxygen atoms in total. The average Bonchev–Trinajstić information content (AvgIpc) is 2.59. The summed E-state index contributed by atoms with van der Waals surface area (Å²) in [4.78, 5) is 27.0. The third-order valence-electron chi connectivity index (χ3n) is 3.55. The molecule has 2 atom stereocenters. The Labute approximate surface area is 101 Å². The molecule has 2 saturated heterocycles. The Kier molecular flexibility index (Phi) is 3.76. The number of nitrogens with zero attached hydrogens (tertiary/aromatic N) is 2. The van der Waals surface area contributed by atoms with Crippen molar-refractivity contribution in [3.05, 3.63) is 0 Å². The van der Waals surface area contributed by atoms with Crippen molar-refractivity contribution in [3.8, 4) is 0 Å². The lowest BCUT2D eigenvalue weighted by Gasteiger charge is -2.38. The molecule has 2 N–H and O–H groups in total. The second-order valence-electron chi connectivity index (χ2n) is 4.97. The van der Waals surface area contributed by atoms with Crippen LogP contribution in [0.2, 0.25) is 0 Å². The zero-order valence-corrected chi connectivity index (χ0v) is 10.4. The van der Waals surface area contributed by atoms with Crippen molar-refractivity contribution < 1.29 is 9.59 Å². The van der Waals surface area contributed by atoms with E-state index in [0.29, 0.717) is 6.04 Å². The highest BCUT2D eigenvalue weighted by molar-refractivity contribution is 6.05. The summed E-state index contributed by atoms with van der Waals surface area (Å²) >= 11 is 0. The summed E-state index contributed by atoms with van der Waals surface area (Å²) in [5, 5.41) is 5.49. The molecule has 2 aliphatic rings. The third-order valence-corrected chi connectivity index (χ3v) is 3.55. The van der Waals surface area contributed by atoms with Crippen LogP contribution < -0.4 is 10.6 Å². The molecule has 17 heavy (non-hydrogen) atoms. The van der Waals surface area contributed by atoms with E-state index in [9.17, 15) is 9.59 Å². The van der Waals surface area contributed by atoms with Crippen molar-refractivity contribution in [1.29, 1.82) is 0 Å². The second-order valence-corrected chi connectivity index (χ2v) is 4.97. The van der Waals surface area contributed by atoms with E-state index in [0.717, 1.165) is 26.2 Å². The van der Waals surface area contributed by atoms with Gasteiger partial charge in [0.25, 0.3) is 0 Å². The van der Waals surface area contributed by atoms with E-state index in [4.69, 9.17) is 0 Å². The predicted molar refractivity (Wildman–Crippen MR) is 63.5 cm³/mol. The quantitative estimate of drug-likeness (QED) is 0.572. The van der Waals surface area contributed by atoms with Gasteiger partial charge in [0.15, 0.2) is 0 Å². The highest BCUT2D eigenvalue weighted by Gasteiger charge is 2.31. The first kappa shape index (κ1) is 12.5. The Morgan fingerprint density at radius 2 is 2.12 bits per heavy atom. The van der Waals surface area contributed by atoms with Gasteiger partial charge >= 0.3 is 0 Å². The van der Waals surface area contributed by atoms with Gasteiger partial charge in [0.1, 0.15) is 0 Å². The lowest BCUT2D eigenvalue weighted by atomic mass is 10.1. The van der Waals surface area contributed by atoms with Gasteiger partial charge in [-0.2, -0.15) is 0 Å². The predicted octanol–water partition coefficient (Wildman–Crippen LogP) is -1.76. The molecule has 0 aromatic carbocycles. The first-order valence-electron chi connectivity index (χ1n) is 6.02. The fraction of sp³-hybridized carbons (Fsp3) is 0.818. The highest BCUT2D eigenvalue weighted by Crippen LogP contribution is 2.07. The molecule has 96 valence electrons. The Bertz CT molecular complexity index is 321. The first-order chi connectivity index (χ1) is 8.06. The van der Waals surface area contributed by atoms with Crippen LogP contribution in [-0.2, 0) is 9.59 Å². The summed E-state index contributed by atoms with van der Waals surface area (Å²) in [5.74, 6) is -0.372. The number of carbonyl (C=O) groups excluding carboxylic acids is 2. The van der Waals surface area contributed by atoms with E-state index in [1.54, 1.807) is 0 Å². The standard InChI is InChI=1S/C11H20N4O2/c1-14-3-4-15(2)8(7-14)6-12-9-5-10(16)13-11(9)17/h8-9,12H,3-7H2,1-2H3,(H,13,16,17). The zero-order valence-electron chi connectivity index (χ0n) is 10.4. The molecule has 2 unspecified atom stereocenters. The maximum atomic E-state index is 11.4. The van der Waals surface area contributed by atoms with Crippen LogP contribution in [0.5, 0.6) is 0 Å². The number of likely N-dealkylation sites (N-methyl/N-ethyl adjacent to an activating group) is 2. The molecule has 0 saturated carbocycles. The van der Waals surface area contributed by atoms with Gasteiger partial charge in [-0.3, -0.25) is 19.8 Å². The molecule has 2 fully saturated rings. The van der Waals surface area contributed by atoms with Crippen LogP contribution in [0.3, 0.4) is 0 Å². The molecule has 2 amide bonds. The van der Waals surface area contributed by atoms with Crippen molar-refractivity contribution in [3.63, 3.8) is 0 Å². The minimum Gasteiger partial charge on any atom is -0.304 e. The van der Waals surface area contributed by atoms with E-state index < -0.39 is 0 Å². The van der Waals surface area contributed by atoms with Crippen molar-refractivity contribution in [1.82, 2.24) is 20.4 Å². The molecule has 6 heteroatoms. The first-order valence-corrected chi connectivity index (χ1v) is 6.02. The normalized spacial score (nSPS) is 31.9. The molecular formula is C11H20N4O2. The summed E-state index contributed by atoms with van der Waals surface area (Å²) in [6.07, 6.45) is 0.269. The fourth-order valence-electron chi connectivity index (χ4n) is 2.32. The topological polar surface area (TPSA) is 64.7 Å². The minimum absolute atomic E-state index is 0.179. The summed E-state index contributed by atoms with van der Waals surface area (Å²) < 4.78 is 0. The molecule has 2 aliphatic heterocycles. The Balaban J connectivity index is 1.81. The number of imide groups is 1. The molecule has 0 aromatic rings. The maximum absolute atomic E-state index is 11.4. The van der Waals surface area contributed by atoms with Gasteiger partial charge in [-0.15, -0.1) is 0 Å². The average molecular weight is 240 g/mol. The van der Waals surface area contributed by atoms with E-state index in [1.807, 2.05) is 0 Å². The van der Waals surface area contributed by atoms with Crippen molar-refractivity contribution in [2.24, 2.45) is 0 Å². The SMILES string of the molecule is CN1CCN(C)C(CNC2CC(=O)NC2=O)C1. The molecule has 0 aliphatic carbocycles. The van der Waals surface area contributed by atoms with Gasteiger partial charge in [0, 0.05) is 32.2 Å². The summed E-state index contributed by atoms with van der Waals surface area (Å²) in [6.45, 7) is 3.85. The van der Waals surface area contributed by atoms with E-state index >= 15 is 0 Å². The van der Waals surface area contributed by atoms with Crippen molar-refractivity contribution in [2.75, 3.05) is 40.3 Å². The number of nitrogens with one attached hydrogen (secondary N) is 2. The molecule has 0 bridgehead atoms. The number of hydrogen-bond donors (Lipinski definition) is 2.